The Balaban J connectivity index is 1.64. The fourth-order valence-electron chi connectivity index (χ4n) is 2.63. The highest BCUT2D eigenvalue weighted by atomic mass is 32.2. The lowest BCUT2D eigenvalue weighted by molar-refractivity contribution is 0.102. The number of anilines is 1. The first kappa shape index (κ1) is 14.5. The summed E-state index contributed by atoms with van der Waals surface area (Å²) in [5, 5.41) is 7.71. The van der Waals surface area contributed by atoms with Crippen LogP contribution in [0.25, 0.3) is 11.3 Å². The van der Waals surface area contributed by atoms with E-state index >= 15 is 0 Å². The number of aryl methyl sites for hydroxylation is 2. The van der Waals surface area contributed by atoms with Gasteiger partial charge in [-0.3, -0.25) is 14.8 Å². The van der Waals surface area contributed by atoms with Crippen molar-refractivity contribution in [2.75, 3.05) is 5.32 Å². The number of nitrogens with one attached hydrogen (secondary N) is 1. The Labute approximate surface area is 141 Å². The van der Waals surface area contributed by atoms with Gasteiger partial charge in [0.1, 0.15) is 0 Å². The summed E-state index contributed by atoms with van der Waals surface area (Å²) in [6, 6.07) is 8.24. The first-order valence-corrected chi connectivity index (χ1v) is 8.95. The van der Waals surface area contributed by atoms with Crippen LogP contribution in [0.3, 0.4) is 0 Å². The van der Waals surface area contributed by atoms with Crippen LogP contribution in [0.2, 0.25) is 0 Å². The molecule has 0 atom stereocenters. The summed E-state index contributed by atoms with van der Waals surface area (Å²) in [6.07, 6.45) is 1.83. The topological polar surface area (TPSA) is 59.8 Å². The molecule has 3 heterocycles. The van der Waals surface area contributed by atoms with Crippen LogP contribution in [-0.4, -0.2) is 20.7 Å². The van der Waals surface area contributed by atoms with Crippen LogP contribution < -0.4 is 5.32 Å². The van der Waals surface area contributed by atoms with E-state index in [4.69, 9.17) is 0 Å². The highest BCUT2D eigenvalue weighted by Gasteiger charge is 2.22. The van der Waals surface area contributed by atoms with E-state index in [0.29, 0.717) is 10.8 Å². The third-order valence-corrected chi connectivity index (χ3v) is 5.90. The molecule has 3 aromatic rings. The summed E-state index contributed by atoms with van der Waals surface area (Å²) >= 11 is 3.34. The van der Waals surface area contributed by atoms with Gasteiger partial charge in [-0.1, -0.05) is 18.2 Å². The average Bonchev–Trinajstić information content (AvgIpc) is 3.09. The number of amides is 1. The standard InChI is InChI=1S/C16H14N4OS2/c1-9-7-20(2)19-13(9)15(21)18-16-17-14-10-5-3-4-6-11(10)22-8-12(14)23-16/h3-7H,8H2,1-2H3,(H,17,18,21). The highest BCUT2D eigenvalue weighted by molar-refractivity contribution is 7.98. The van der Waals surface area contributed by atoms with Crippen molar-refractivity contribution in [3.63, 3.8) is 0 Å². The molecule has 0 fully saturated rings. The van der Waals surface area contributed by atoms with Crippen LogP contribution in [0.5, 0.6) is 0 Å². The number of carbonyl (C=O) groups excluding carboxylic acids is 1. The molecule has 2 aromatic heterocycles. The Hall–Kier alpha value is -2.12. The minimum Gasteiger partial charge on any atom is -0.296 e. The van der Waals surface area contributed by atoms with Gasteiger partial charge >= 0.3 is 0 Å². The molecule has 1 aromatic carbocycles. The number of hydrogen-bond donors (Lipinski definition) is 1. The molecular weight excluding hydrogens is 328 g/mol. The minimum atomic E-state index is -0.213. The summed E-state index contributed by atoms with van der Waals surface area (Å²) in [5.41, 5.74) is 3.42. The van der Waals surface area contributed by atoms with Crippen LogP contribution in [0.4, 0.5) is 5.13 Å². The van der Waals surface area contributed by atoms with E-state index < -0.39 is 0 Å². The molecule has 1 aliphatic rings. The van der Waals surface area contributed by atoms with E-state index in [2.05, 4.69) is 27.5 Å². The number of fused-ring (bicyclic) bond motifs is 3. The zero-order chi connectivity index (χ0) is 16.0. The second-order valence-electron chi connectivity index (χ2n) is 5.36. The number of rotatable bonds is 2. The number of aromatic nitrogens is 3. The smallest absolute Gasteiger partial charge is 0.278 e. The summed E-state index contributed by atoms with van der Waals surface area (Å²) in [5.74, 6) is 0.679. The van der Waals surface area contributed by atoms with E-state index in [0.717, 1.165) is 22.6 Å². The number of hydrogen-bond acceptors (Lipinski definition) is 5. The molecule has 1 N–H and O–H groups in total. The number of nitrogens with zero attached hydrogens (tertiary/aromatic N) is 3. The van der Waals surface area contributed by atoms with E-state index in [9.17, 15) is 4.79 Å². The Morgan fingerprint density at radius 2 is 2.17 bits per heavy atom. The molecule has 0 saturated carbocycles. The summed E-state index contributed by atoms with van der Waals surface area (Å²) in [7, 11) is 1.81. The lowest BCUT2D eigenvalue weighted by atomic mass is 10.1. The van der Waals surface area contributed by atoms with Crippen molar-refractivity contribution >= 4 is 34.1 Å². The Kier molecular flexibility index (Phi) is 3.46. The van der Waals surface area contributed by atoms with Crippen molar-refractivity contribution < 1.29 is 4.79 Å². The van der Waals surface area contributed by atoms with E-state index in [1.54, 1.807) is 11.7 Å². The number of carbonyl (C=O) groups is 1. The van der Waals surface area contributed by atoms with Crippen molar-refractivity contribution in [2.45, 2.75) is 17.6 Å². The van der Waals surface area contributed by atoms with Gasteiger partial charge in [-0.15, -0.1) is 23.1 Å². The minimum absolute atomic E-state index is 0.213. The molecule has 7 heteroatoms. The second-order valence-corrected chi connectivity index (χ2v) is 7.46. The maximum Gasteiger partial charge on any atom is 0.278 e. The van der Waals surface area contributed by atoms with Crippen molar-refractivity contribution in [2.24, 2.45) is 7.05 Å². The number of benzene rings is 1. The third-order valence-electron chi connectivity index (χ3n) is 3.65. The van der Waals surface area contributed by atoms with Gasteiger partial charge in [0, 0.05) is 39.9 Å². The molecule has 4 rings (SSSR count). The molecule has 0 spiro atoms. The maximum absolute atomic E-state index is 12.4. The largest absolute Gasteiger partial charge is 0.296 e. The third kappa shape index (κ3) is 2.55. The summed E-state index contributed by atoms with van der Waals surface area (Å²) in [4.78, 5) is 19.4. The van der Waals surface area contributed by atoms with Gasteiger partial charge in [-0.05, 0) is 13.0 Å². The molecule has 0 unspecified atom stereocenters. The molecule has 23 heavy (non-hydrogen) atoms. The molecule has 0 aliphatic carbocycles. The number of thioether (sulfide) groups is 1. The molecule has 0 radical (unpaired) electrons. The van der Waals surface area contributed by atoms with Gasteiger partial charge < -0.3 is 0 Å². The highest BCUT2D eigenvalue weighted by Crippen LogP contribution is 2.44. The molecule has 5 nitrogen and oxygen atoms in total. The van der Waals surface area contributed by atoms with Crippen LogP contribution in [0, 0.1) is 6.92 Å². The zero-order valence-corrected chi connectivity index (χ0v) is 14.3. The van der Waals surface area contributed by atoms with Gasteiger partial charge in [0.15, 0.2) is 10.8 Å². The van der Waals surface area contributed by atoms with E-state index in [1.165, 1.54) is 21.1 Å². The molecular formula is C16H14N4OS2. The van der Waals surface area contributed by atoms with Crippen molar-refractivity contribution in [3.8, 4) is 11.3 Å². The van der Waals surface area contributed by atoms with Crippen LogP contribution in [0.1, 0.15) is 20.9 Å². The Bertz CT molecular complexity index is 913. The van der Waals surface area contributed by atoms with Gasteiger partial charge in [0.05, 0.1) is 5.69 Å². The molecule has 116 valence electrons. The maximum atomic E-state index is 12.4. The number of thiazole rings is 1. The SMILES string of the molecule is Cc1cn(C)nc1C(=O)Nc1nc2c(s1)CSc1ccccc1-2. The fourth-order valence-corrected chi connectivity index (χ4v) is 4.73. The van der Waals surface area contributed by atoms with Gasteiger partial charge in [0.25, 0.3) is 5.91 Å². The average molecular weight is 342 g/mol. The lowest BCUT2D eigenvalue weighted by Crippen LogP contribution is -2.14. The molecule has 0 saturated heterocycles. The predicted octanol–water partition coefficient (Wildman–Crippen LogP) is 3.71. The van der Waals surface area contributed by atoms with Crippen LogP contribution >= 0.6 is 23.1 Å². The molecule has 1 aliphatic heterocycles. The van der Waals surface area contributed by atoms with E-state index in [-0.39, 0.29) is 5.91 Å². The fraction of sp³-hybridized carbons (Fsp3) is 0.188. The Morgan fingerprint density at radius 3 is 2.96 bits per heavy atom. The molecule has 1 amide bonds. The summed E-state index contributed by atoms with van der Waals surface area (Å²) in [6.45, 7) is 1.88. The predicted molar refractivity (Wildman–Crippen MR) is 93.0 cm³/mol. The van der Waals surface area contributed by atoms with E-state index in [1.807, 2.05) is 37.0 Å². The van der Waals surface area contributed by atoms with Crippen molar-refractivity contribution in [3.05, 3.63) is 46.6 Å². The normalized spacial score (nSPS) is 12.6. The second kappa shape index (κ2) is 5.50. The quantitative estimate of drug-likeness (QED) is 0.771. The van der Waals surface area contributed by atoms with Gasteiger partial charge in [-0.25, -0.2) is 4.98 Å². The Morgan fingerprint density at radius 1 is 1.35 bits per heavy atom. The molecule has 0 bridgehead atoms. The lowest BCUT2D eigenvalue weighted by Gasteiger charge is -2.13. The van der Waals surface area contributed by atoms with Crippen molar-refractivity contribution in [1.29, 1.82) is 0 Å². The van der Waals surface area contributed by atoms with Crippen LogP contribution in [0.15, 0.2) is 35.4 Å². The van der Waals surface area contributed by atoms with Crippen molar-refractivity contribution in [1.82, 2.24) is 14.8 Å². The first-order chi connectivity index (χ1) is 11.1. The van der Waals surface area contributed by atoms with Gasteiger partial charge in [0.2, 0.25) is 0 Å². The first-order valence-electron chi connectivity index (χ1n) is 7.15. The summed E-state index contributed by atoms with van der Waals surface area (Å²) < 4.78 is 1.64. The zero-order valence-electron chi connectivity index (χ0n) is 12.7. The monoisotopic (exact) mass is 342 g/mol. The van der Waals surface area contributed by atoms with Crippen LogP contribution in [-0.2, 0) is 12.8 Å². The van der Waals surface area contributed by atoms with Gasteiger partial charge in [-0.2, -0.15) is 5.10 Å².